The van der Waals surface area contributed by atoms with Crippen molar-refractivity contribution in [1.82, 2.24) is 9.47 Å². The van der Waals surface area contributed by atoms with Gasteiger partial charge in [0.2, 0.25) is 0 Å². The van der Waals surface area contributed by atoms with E-state index in [0.717, 1.165) is 34.7 Å². The van der Waals surface area contributed by atoms with Gasteiger partial charge in [0, 0.05) is 36.7 Å². The van der Waals surface area contributed by atoms with Gasteiger partial charge >= 0.3 is 0 Å². The molecule has 0 fully saturated rings. The van der Waals surface area contributed by atoms with Gasteiger partial charge in [0.15, 0.2) is 11.5 Å². The van der Waals surface area contributed by atoms with Gasteiger partial charge in [0.1, 0.15) is 0 Å². The van der Waals surface area contributed by atoms with Crippen LogP contribution >= 0.6 is 0 Å². The summed E-state index contributed by atoms with van der Waals surface area (Å²) in [5.74, 6) is 1.59. The molecule has 3 aromatic rings. The Balaban J connectivity index is 1.59. The van der Waals surface area contributed by atoms with Crippen LogP contribution in [0.3, 0.4) is 0 Å². The van der Waals surface area contributed by atoms with E-state index in [0.29, 0.717) is 31.9 Å². The minimum absolute atomic E-state index is 0.0564. The molecular weight excluding hydrogens is 376 g/mol. The van der Waals surface area contributed by atoms with Gasteiger partial charge in [-0.15, -0.1) is 0 Å². The highest BCUT2D eigenvalue weighted by Gasteiger charge is 2.24. The second kappa shape index (κ2) is 8.66. The normalized spacial score (nSPS) is 13.1. The molecule has 0 N–H and O–H groups in total. The summed E-state index contributed by atoms with van der Waals surface area (Å²) in [4.78, 5) is 15.2. The lowest BCUT2D eigenvalue weighted by Crippen LogP contribution is -2.36. The molecule has 4 rings (SSSR count). The minimum Gasteiger partial charge on any atom is -0.490 e. The molecular formula is C25H28N2O3. The number of benzene rings is 2. The number of carbonyl (C=O) groups is 1. The molecule has 0 spiro atoms. The van der Waals surface area contributed by atoms with Gasteiger partial charge in [0.25, 0.3) is 5.91 Å². The maximum atomic E-state index is 13.3. The first-order chi connectivity index (χ1) is 14.6. The van der Waals surface area contributed by atoms with E-state index in [-0.39, 0.29) is 5.91 Å². The number of hydrogen-bond acceptors (Lipinski definition) is 3. The van der Waals surface area contributed by atoms with Crippen molar-refractivity contribution in [3.05, 3.63) is 77.1 Å². The monoisotopic (exact) mass is 404 g/mol. The Labute approximate surface area is 177 Å². The summed E-state index contributed by atoms with van der Waals surface area (Å²) in [6, 6.07) is 14.0. The number of rotatable bonds is 6. The molecule has 0 unspecified atom stereocenters. The molecule has 2 heterocycles. The Morgan fingerprint density at radius 2 is 1.63 bits per heavy atom. The van der Waals surface area contributed by atoms with Crippen molar-refractivity contribution in [2.75, 3.05) is 19.8 Å². The highest BCUT2D eigenvalue weighted by molar-refractivity contribution is 5.95. The number of amides is 1. The first kappa shape index (κ1) is 20.1. The van der Waals surface area contributed by atoms with Crippen LogP contribution in [0.1, 0.15) is 40.9 Å². The van der Waals surface area contributed by atoms with E-state index in [9.17, 15) is 4.79 Å². The van der Waals surface area contributed by atoms with Gasteiger partial charge in [-0.2, -0.15) is 0 Å². The van der Waals surface area contributed by atoms with Crippen LogP contribution in [0.2, 0.25) is 0 Å². The predicted molar refractivity (Wildman–Crippen MR) is 118 cm³/mol. The van der Waals surface area contributed by atoms with E-state index < -0.39 is 0 Å². The molecule has 2 aromatic carbocycles. The van der Waals surface area contributed by atoms with Crippen molar-refractivity contribution >= 4 is 5.91 Å². The van der Waals surface area contributed by atoms with E-state index in [2.05, 4.69) is 13.0 Å². The van der Waals surface area contributed by atoms with Gasteiger partial charge in [0.05, 0.1) is 13.2 Å². The summed E-state index contributed by atoms with van der Waals surface area (Å²) in [6.45, 7) is 8.44. The fraction of sp³-hybridized carbons (Fsp3) is 0.320. The first-order valence-electron chi connectivity index (χ1n) is 10.5. The van der Waals surface area contributed by atoms with Crippen LogP contribution in [0.15, 0.2) is 54.9 Å². The molecule has 1 amide bonds. The topological polar surface area (TPSA) is 43.7 Å². The summed E-state index contributed by atoms with van der Waals surface area (Å²) in [5.41, 5.74) is 5.23. The lowest BCUT2D eigenvalue weighted by molar-refractivity contribution is 0.0734. The van der Waals surface area contributed by atoms with Gasteiger partial charge in [-0.25, -0.2) is 0 Å². The van der Waals surface area contributed by atoms with Crippen LogP contribution < -0.4 is 9.47 Å². The fourth-order valence-electron chi connectivity index (χ4n) is 3.97. The Morgan fingerprint density at radius 3 is 2.30 bits per heavy atom. The van der Waals surface area contributed by atoms with Gasteiger partial charge in [-0.1, -0.05) is 6.07 Å². The van der Waals surface area contributed by atoms with Gasteiger partial charge in [-0.3, -0.25) is 4.79 Å². The van der Waals surface area contributed by atoms with E-state index in [1.165, 1.54) is 5.56 Å². The zero-order chi connectivity index (χ0) is 21.1. The van der Waals surface area contributed by atoms with Crippen molar-refractivity contribution in [1.29, 1.82) is 0 Å². The van der Waals surface area contributed by atoms with E-state index >= 15 is 0 Å². The number of nitrogens with zero attached hydrogens (tertiary/aromatic N) is 2. The Kier molecular flexibility index (Phi) is 5.79. The maximum absolute atomic E-state index is 13.3. The molecule has 0 atom stereocenters. The molecule has 1 aliphatic heterocycles. The number of aromatic nitrogens is 1. The number of aryl methyl sites for hydroxylation is 1. The quantitative estimate of drug-likeness (QED) is 0.594. The molecule has 1 aromatic heterocycles. The standard InChI is InChI=1S/C25H28N2O3/c1-4-29-23-15-19-10-13-27(17-21(19)16-24(23)30-5-2)25(28)20-9-8-18(3)22(14-20)26-11-6-7-12-26/h6-9,11-12,14-16H,4-5,10,13,17H2,1-3H3. The van der Waals surface area contributed by atoms with E-state index in [1.807, 2.05) is 72.1 Å². The molecule has 0 radical (unpaired) electrons. The average molecular weight is 405 g/mol. The van der Waals surface area contributed by atoms with Crippen molar-refractivity contribution < 1.29 is 14.3 Å². The minimum atomic E-state index is 0.0564. The molecule has 156 valence electrons. The van der Waals surface area contributed by atoms with Crippen LogP contribution in [-0.2, 0) is 13.0 Å². The van der Waals surface area contributed by atoms with Crippen LogP contribution in [0, 0.1) is 6.92 Å². The Hall–Kier alpha value is -3.21. The Morgan fingerprint density at radius 1 is 0.967 bits per heavy atom. The highest BCUT2D eigenvalue weighted by Crippen LogP contribution is 2.34. The third kappa shape index (κ3) is 3.92. The third-order valence-corrected chi connectivity index (χ3v) is 5.50. The maximum Gasteiger partial charge on any atom is 0.254 e. The summed E-state index contributed by atoms with van der Waals surface area (Å²) < 4.78 is 13.6. The summed E-state index contributed by atoms with van der Waals surface area (Å²) >= 11 is 0. The number of ether oxygens (including phenoxy) is 2. The summed E-state index contributed by atoms with van der Waals surface area (Å²) in [7, 11) is 0. The lowest BCUT2D eigenvalue weighted by atomic mass is 9.98. The van der Waals surface area contributed by atoms with Crippen LogP contribution in [0.4, 0.5) is 0 Å². The highest BCUT2D eigenvalue weighted by atomic mass is 16.5. The molecule has 0 saturated heterocycles. The third-order valence-electron chi connectivity index (χ3n) is 5.50. The largest absolute Gasteiger partial charge is 0.490 e. The van der Waals surface area contributed by atoms with Crippen LogP contribution in [-0.4, -0.2) is 35.1 Å². The van der Waals surface area contributed by atoms with Gasteiger partial charge in [-0.05, 0) is 80.3 Å². The average Bonchev–Trinajstić information content (AvgIpc) is 3.29. The van der Waals surface area contributed by atoms with Crippen LogP contribution in [0.25, 0.3) is 5.69 Å². The molecule has 0 bridgehead atoms. The molecule has 1 aliphatic rings. The number of hydrogen-bond donors (Lipinski definition) is 0. The number of carbonyl (C=O) groups excluding carboxylic acids is 1. The molecule has 5 heteroatoms. The molecule has 5 nitrogen and oxygen atoms in total. The van der Waals surface area contributed by atoms with Crippen molar-refractivity contribution in [2.45, 2.75) is 33.7 Å². The van der Waals surface area contributed by atoms with E-state index in [4.69, 9.17) is 9.47 Å². The SMILES string of the molecule is CCOc1cc2c(cc1OCC)CN(C(=O)c1ccc(C)c(-n3cccc3)c1)CC2. The van der Waals surface area contributed by atoms with Crippen molar-refractivity contribution in [3.8, 4) is 17.2 Å². The first-order valence-corrected chi connectivity index (χ1v) is 10.5. The lowest BCUT2D eigenvalue weighted by Gasteiger charge is -2.30. The number of fused-ring (bicyclic) bond motifs is 1. The van der Waals surface area contributed by atoms with Crippen LogP contribution in [0.5, 0.6) is 11.5 Å². The van der Waals surface area contributed by atoms with Gasteiger partial charge < -0.3 is 18.9 Å². The zero-order valence-corrected chi connectivity index (χ0v) is 17.9. The van der Waals surface area contributed by atoms with Crippen molar-refractivity contribution in [3.63, 3.8) is 0 Å². The second-order valence-electron chi connectivity index (χ2n) is 7.50. The van der Waals surface area contributed by atoms with E-state index in [1.54, 1.807) is 0 Å². The summed E-state index contributed by atoms with van der Waals surface area (Å²) in [5, 5.41) is 0. The molecule has 0 saturated carbocycles. The zero-order valence-electron chi connectivity index (χ0n) is 17.9. The smallest absolute Gasteiger partial charge is 0.254 e. The molecule has 0 aliphatic carbocycles. The summed E-state index contributed by atoms with van der Waals surface area (Å²) in [6.07, 6.45) is 4.81. The second-order valence-corrected chi connectivity index (χ2v) is 7.50. The van der Waals surface area contributed by atoms with Crippen molar-refractivity contribution in [2.24, 2.45) is 0 Å². The molecule has 30 heavy (non-hydrogen) atoms. The Bertz CT molecular complexity index is 1040. The fourth-order valence-corrected chi connectivity index (χ4v) is 3.97. The predicted octanol–water partition coefficient (Wildman–Crippen LogP) is 4.78.